The summed E-state index contributed by atoms with van der Waals surface area (Å²) in [7, 11) is 0. The lowest BCUT2D eigenvalue weighted by Gasteiger charge is -2.13. The number of nitrogens with zero attached hydrogens (tertiary/aromatic N) is 4. The molecule has 0 aliphatic carbocycles. The van der Waals surface area contributed by atoms with E-state index in [-0.39, 0.29) is 23.1 Å². The zero-order valence-corrected chi connectivity index (χ0v) is 15.0. The Morgan fingerprint density at radius 1 is 1.11 bits per heavy atom. The summed E-state index contributed by atoms with van der Waals surface area (Å²) >= 11 is 6.07. The highest BCUT2D eigenvalue weighted by molar-refractivity contribution is 6.32. The van der Waals surface area contributed by atoms with Gasteiger partial charge in [0, 0.05) is 25.4 Å². The van der Waals surface area contributed by atoms with E-state index in [0.29, 0.717) is 18.8 Å². The first-order valence-corrected chi connectivity index (χ1v) is 8.89. The van der Waals surface area contributed by atoms with Crippen molar-refractivity contribution in [2.45, 2.75) is 32.5 Å². The van der Waals surface area contributed by atoms with Crippen molar-refractivity contribution < 1.29 is 9.13 Å². The lowest BCUT2D eigenvalue weighted by molar-refractivity contribution is 0.301. The molecule has 0 saturated carbocycles. The van der Waals surface area contributed by atoms with E-state index >= 15 is 0 Å². The van der Waals surface area contributed by atoms with Gasteiger partial charge >= 0.3 is 11.4 Å². The molecule has 0 amide bonds. The molecule has 0 N–H and O–H groups in total. The van der Waals surface area contributed by atoms with Crippen LogP contribution in [0.15, 0.2) is 46.1 Å². The molecular formula is C18H16ClFN4O3. The molecule has 0 atom stereocenters. The first-order valence-electron chi connectivity index (χ1n) is 8.51. The number of hydrogen-bond acceptors (Lipinski definition) is 4. The van der Waals surface area contributed by atoms with Crippen LogP contribution in [0, 0.1) is 5.82 Å². The summed E-state index contributed by atoms with van der Waals surface area (Å²) < 4.78 is 23.7. The predicted molar refractivity (Wildman–Crippen MR) is 97.1 cm³/mol. The van der Waals surface area contributed by atoms with E-state index in [1.807, 2.05) is 6.07 Å². The minimum atomic E-state index is -0.770. The molecule has 1 aliphatic heterocycles. The Morgan fingerprint density at radius 2 is 1.81 bits per heavy atom. The van der Waals surface area contributed by atoms with Gasteiger partial charge < -0.3 is 4.74 Å². The topological polar surface area (TPSA) is 71.1 Å². The zero-order chi connectivity index (χ0) is 19.0. The molecule has 2 aromatic heterocycles. The molecule has 7 nitrogen and oxygen atoms in total. The van der Waals surface area contributed by atoms with E-state index in [0.717, 1.165) is 23.5 Å². The number of hydrogen-bond donors (Lipinski definition) is 0. The maximum Gasteiger partial charge on any atom is 0.351 e. The molecule has 0 fully saturated rings. The van der Waals surface area contributed by atoms with Crippen LogP contribution >= 0.6 is 11.6 Å². The van der Waals surface area contributed by atoms with Crippen molar-refractivity contribution in [3.63, 3.8) is 0 Å². The molecule has 0 saturated heterocycles. The Morgan fingerprint density at radius 3 is 2.44 bits per heavy atom. The second-order valence-electron chi connectivity index (χ2n) is 6.20. The fourth-order valence-electron chi connectivity index (χ4n) is 3.12. The van der Waals surface area contributed by atoms with Crippen LogP contribution in [0.3, 0.4) is 0 Å². The van der Waals surface area contributed by atoms with Crippen LogP contribution in [0.2, 0.25) is 5.02 Å². The quantitative estimate of drug-likeness (QED) is 0.685. The van der Waals surface area contributed by atoms with E-state index in [2.05, 4.69) is 4.98 Å². The van der Waals surface area contributed by atoms with Crippen LogP contribution in [0.5, 0.6) is 5.75 Å². The van der Waals surface area contributed by atoms with Crippen LogP contribution in [-0.4, -0.2) is 18.9 Å². The summed E-state index contributed by atoms with van der Waals surface area (Å²) in [5.41, 5.74) is -0.663. The van der Waals surface area contributed by atoms with Crippen molar-refractivity contribution in [3.8, 4) is 11.4 Å². The third-order valence-electron chi connectivity index (χ3n) is 4.45. The lowest BCUT2D eigenvalue weighted by atomic mass is 10.2. The van der Waals surface area contributed by atoms with Gasteiger partial charge in [-0.3, -0.25) is 4.98 Å². The summed E-state index contributed by atoms with van der Waals surface area (Å²) in [5.74, 6) is -0.605. The van der Waals surface area contributed by atoms with Crippen LogP contribution in [-0.2, 0) is 19.7 Å². The van der Waals surface area contributed by atoms with Gasteiger partial charge in [-0.05, 0) is 31.0 Å². The molecule has 1 aromatic carbocycles. The first-order chi connectivity index (χ1) is 13.1. The second-order valence-corrected chi connectivity index (χ2v) is 6.60. The Labute approximate surface area is 158 Å². The summed E-state index contributed by atoms with van der Waals surface area (Å²) in [6, 6.07) is 7.68. The van der Waals surface area contributed by atoms with Gasteiger partial charge in [0.05, 0.1) is 16.4 Å². The third-order valence-corrected chi connectivity index (χ3v) is 4.74. The van der Waals surface area contributed by atoms with Crippen LogP contribution < -0.4 is 16.1 Å². The zero-order valence-electron chi connectivity index (χ0n) is 14.3. The maximum atomic E-state index is 14.5. The molecule has 3 aromatic rings. The van der Waals surface area contributed by atoms with Crippen LogP contribution in [0.4, 0.5) is 4.39 Å². The largest absolute Gasteiger partial charge is 0.486 e. The Balaban J connectivity index is 1.75. The minimum absolute atomic E-state index is 0.0457. The Kier molecular flexibility index (Phi) is 4.57. The van der Waals surface area contributed by atoms with E-state index in [1.165, 1.54) is 15.4 Å². The molecule has 4 rings (SSSR count). The predicted octanol–water partition coefficient (Wildman–Crippen LogP) is 2.36. The Bertz CT molecular complexity index is 1070. The lowest BCUT2D eigenvalue weighted by Crippen LogP contribution is -2.30. The molecule has 0 bridgehead atoms. The van der Waals surface area contributed by atoms with Gasteiger partial charge in [-0.1, -0.05) is 17.7 Å². The fourth-order valence-corrected chi connectivity index (χ4v) is 3.32. The average Bonchev–Trinajstić information content (AvgIpc) is 2.93. The van der Waals surface area contributed by atoms with Crippen LogP contribution in [0.1, 0.15) is 18.5 Å². The van der Waals surface area contributed by atoms with Gasteiger partial charge in [-0.15, -0.1) is 0 Å². The normalized spacial score (nSPS) is 13.4. The van der Waals surface area contributed by atoms with E-state index in [4.69, 9.17) is 16.3 Å². The summed E-state index contributed by atoms with van der Waals surface area (Å²) in [4.78, 5) is 29.4. The third kappa shape index (κ3) is 3.16. The number of benzene rings is 1. The molecule has 140 valence electrons. The van der Waals surface area contributed by atoms with Gasteiger partial charge in [0.1, 0.15) is 18.2 Å². The highest BCUT2D eigenvalue weighted by Crippen LogP contribution is 2.29. The number of rotatable bonds is 4. The number of aromatic nitrogens is 4. The number of pyridine rings is 1. The first kappa shape index (κ1) is 17.5. The van der Waals surface area contributed by atoms with Gasteiger partial charge in [0.2, 0.25) is 0 Å². The van der Waals surface area contributed by atoms with Gasteiger partial charge in [0.15, 0.2) is 0 Å². The fraction of sp³-hybridized carbons (Fsp3) is 0.278. The summed E-state index contributed by atoms with van der Waals surface area (Å²) in [6.45, 7) is 0.977. The molecule has 1 aliphatic rings. The maximum absolute atomic E-state index is 14.5. The Hall–Kier alpha value is -2.87. The van der Waals surface area contributed by atoms with Gasteiger partial charge in [0.25, 0.3) is 0 Å². The number of fused-ring (bicyclic) bond motifs is 1. The average molecular weight is 391 g/mol. The van der Waals surface area contributed by atoms with E-state index in [1.54, 1.807) is 18.3 Å². The molecule has 27 heavy (non-hydrogen) atoms. The molecule has 0 radical (unpaired) electrons. The summed E-state index contributed by atoms with van der Waals surface area (Å²) in [6.07, 6.45) is 3.22. The molecule has 9 heteroatoms. The van der Waals surface area contributed by atoms with E-state index < -0.39 is 17.2 Å². The van der Waals surface area contributed by atoms with Gasteiger partial charge in [-0.2, -0.15) is 0 Å². The van der Waals surface area contributed by atoms with Gasteiger partial charge in [-0.25, -0.2) is 27.9 Å². The standard InChI is InChI=1S/C18H16ClFN4O3/c19-13-9-14(20)15(10-16(13)27-11-12-5-1-2-6-21-12)24-17(25)22-7-3-4-8-23(22)18(24)26/h1-2,5-6,9-10H,3-4,7-8,11H2. The van der Waals surface area contributed by atoms with Crippen LogP contribution in [0.25, 0.3) is 5.69 Å². The van der Waals surface area contributed by atoms with Crippen molar-refractivity contribution in [2.75, 3.05) is 0 Å². The second kappa shape index (κ2) is 7.03. The highest BCUT2D eigenvalue weighted by Gasteiger charge is 2.22. The molecular weight excluding hydrogens is 375 g/mol. The molecule has 3 heterocycles. The van der Waals surface area contributed by atoms with Crippen molar-refractivity contribution in [1.29, 1.82) is 0 Å². The van der Waals surface area contributed by atoms with Crippen molar-refractivity contribution in [3.05, 3.63) is 74.0 Å². The number of halogens is 2. The molecule has 0 spiro atoms. The van der Waals surface area contributed by atoms with Crippen molar-refractivity contribution in [1.82, 2.24) is 18.9 Å². The highest BCUT2D eigenvalue weighted by atomic mass is 35.5. The smallest absolute Gasteiger partial charge is 0.351 e. The minimum Gasteiger partial charge on any atom is -0.486 e. The van der Waals surface area contributed by atoms with Crippen molar-refractivity contribution in [2.24, 2.45) is 0 Å². The summed E-state index contributed by atoms with van der Waals surface area (Å²) in [5, 5.41) is 0.0457. The monoisotopic (exact) mass is 390 g/mol. The number of ether oxygens (including phenoxy) is 1. The van der Waals surface area contributed by atoms with E-state index in [9.17, 15) is 14.0 Å². The van der Waals surface area contributed by atoms with Crippen molar-refractivity contribution >= 4 is 11.6 Å². The molecule has 0 unspecified atom stereocenters. The SMILES string of the molecule is O=c1n(-c2cc(OCc3ccccn3)c(Cl)cc2F)c(=O)n2n1CCCC2.